The lowest BCUT2D eigenvalue weighted by Gasteiger charge is -2.43. The van der Waals surface area contributed by atoms with Crippen LogP contribution >= 0.6 is 0 Å². The standard InChI is InChI=1S/C26H33FN4O/c1-7-10-31-24-13-23(27)20(12-22(24)19(4)14-26(31,5)6)15-29-30-25(32)16-28-21-9-8-17(2)18(3)11-21/h8-9,11-15,28H,7,10,16H2,1-6H3,(H,30,32)/b29-15-. The van der Waals surface area contributed by atoms with Crippen LogP contribution in [0.3, 0.4) is 0 Å². The van der Waals surface area contributed by atoms with Gasteiger partial charge >= 0.3 is 0 Å². The normalized spacial score (nSPS) is 14.8. The Labute approximate surface area is 190 Å². The summed E-state index contributed by atoms with van der Waals surface area (Å²) in [5, 5.41) is 7.04. The SMILES string of the molecule is CCCN1c2cc(F)c(/C=N\NC(=O)CNc3ccc(C)c(C)c3)cc2C(C)=CC1(C)C. The van der Waals surface area contributed by atoms with E-state index in [0.717, 1.165) is 41.0 Å². The molecule has 1 aliphatic rings. The number of halogens is 1. The molecule has 1 aliphatic heterocycles. The van der Waals surface area contributed by atoms with E-state index in [0.29, 0.717) is 5.56 Å². The van der Waals surface area contributed by atoms with Gasteiger partial charge in [-0.15, -0.1) is 0 Å². The summed E-state index contributed by atoms with van der Waals surface area (Å²) < 4.78 is 14.9. The Hall–Kier alpha value is -3.15. The van der Waals surface area contributed by atoms with Gasteiger partial charge in [0.05, 0.1) is 18.3 Å². The summed E-state index contributed by atoms with van der Waals surface area (Å²) in [4.78, 5) is 14.4. The fourth-order valence-electron chi connectivity index (χ4n) is 4.09. The molecule has 0 atom stereocenters. The average molecular weight is 437 g/mol. The highest BCUT2D eigenvalue weighted by molar-refractivity contribution is 5.89. The maximum Gasteiger partial charge on any atom is 0.259 e. The van der Waals surface area contributed by atoms with Crippen LogP contribution in [0.5, 0.6) is 0 Å². The fraction of sp³-hybridized carbons (Fsp3) is 0.385. The molecule has 170 valence electrons. The smallest absolute Gasteiger partial charge is 0.259 e. The van der Waals surface area contributed by atoms with Gasteiger partial charge in [-0.25, -0.2) is 9.82 Å². The Kier molecular flexibility index (Phi) is 7.02. The number of hydrogen-bond acceptors (Lipinski definition) is 4. The van der Waals surface area contributed by atoms with Crippen molar-refractivity contribution in [2.24, 2.45) is 5.10 Å². The van der Waals surface area contributed by atoms with Gasteiger partial charge in [0.15, 0.2) is 0 Å². The number of benzene rings is 2. The van der Waals surface area contributed by atoms with Gasteiger partial charge in [-0.3, -0.25) is 4.79 Å². The highest BCUT2D eigenvalue weighted by Gasteiger charge is 2.31. The zero-order valence-corrected chi connectivity index (χ0v) is 19.8. The minimum Gasteiger partial charge on any atom is -0.376 e. The average Bonchev–Trinajstić information content (AvgIpc) is 2.72. The molecule has 5 nitrogen and oxygen atoms in total. The molecular weight excluding hydrogens is 403 g/mol. The number of anilines is 2. The molecule has 0 aromatic heterocycles. The first-order valence-corrected chi connectivity index (χ1v) is 11.1. The first kappa shape index (κ1) is 23.5. The number of aryl methyl sites for hydroxylation is 2. The summed E-state index contributed by atoms with van der Waals surface area (Å²) in [7, 11) is 0. The molecule has 0 saturated heterocycles. The van der Waals surface area contributed by atoms with Crippen LogP contribution in [0.25, 0.3) is 5.57 Å². The summed E-state index contributed by atoms with van der Waals surface area (Å²) in [6, 6.07) is 9.31. The van der Waals surface area contributed by atoms with Gasteiger partial charge in [-0.1, -0.05) is 19.1 Å². The summed E-state index contributed by atoms with van der Waals surface area (Å²) in [5.74, 6) is -0.661. The quantitative estimate of drug-likeness (QED) is 0.450. The van der Waals surface area contributed by atoms with Gasteiger partial charge in [-0.2, -0.15) is 5.10 Å². The van der Waals surface area contributed by atoms with Crippen molar-refractivity contribution < 1.29 is 9.18 Å². The zero-order chi connectivity index (χ0) is 23.5. The van der Waals surface area contributed by atoms with E-state index in [1.165, 1.54) is 11.8 Å². The second-order valence-electron chi connectivity index (χ2n) is 8.97. The minimum absolute atomic E-state index is 0.0788. The summed E-state index contributed by atoms with van der Waals surface area (Å²) in [5.41, 5.74) is 8.85. The van der Waals surface area contributed by atoms with Crippen molar-refractivity contribution in [1.29, 1.82) is 0 Å². The molecule has 1 amide bonds. The number of hydrogen-bond donors (Lipinski definition) is 2. The van der Waals surface area contributed by atoms with Gasteiger partial charge in [0.25, 0.3) is 5.91 Å². The van der Waals surface area contributed by atoms with Crippen LogP contribution in [0, 0.1) is 19.7 Å². The van der Waals surface area contributed by atoms with E-state index < -0.39 is 0 Å². The fourth-order valence-corrected chi connectivity index (χ4v) is 4.09. The predicted molar refractivity (Wildman–Crippen MR) is 132 cm³/mol. The van der Waals surface area contributed by atoms with Crippen LogP contribution in [-0.2, 0) is 4.79 Å². The van der Waals surface area contributed by atoms with Crippen LogP contribution in [0.2, 0.25) is 0 Å². The maximum atomic E-state index is 14.9. The van der Waals surface area contributed by atoms with Crippen LogP contribution in [0.1, 0.15) is 56.4 Å². The third-order valence-corrected chi connectivity index (χ3v) is 5.90. The van der Waals surface area contributed by atoms with E-state index in [9.17, 15) is 9.18 Å². The first-order valence-electron chi connectivity index (χ1n) is 11.1. The molecule has 0 spiro atoms. The van der Waals surface area contributed by atoms with Crippen molar-refractivity contribution in [1.82, 2.24) is 5.43 Å². The number of rotatable bonds is 7. The number of nitrogens with one attached hydrogen (secondary N) is 2. The number of hydrazone groups is 1. The lowest BCUT2D eigenvalue weighted by molar-refractivity contribution is -0.119. The molecule has 0 aliphatic carbocycles. The number of fused-ring (bicyclic) bond motifs is 1. The molecular formula is C26H33FN4O. The van der Waals surface area contributed by atoms with Crippen molar-refractivity contribution >= 4 is 29.1 Å². The number of nitrogens with zero attached hydrogens (tertiary/aromatic N) is 2. The highest BCUT2D eigenvalue weighted by atomic mass is 19.1. The number of allylic oxidation sites excluding steroid dienone is 1. The number of carbonyl (C=O) groups is 1. The van der Waals surface area contributed by atoms with Crippen molar-refractivity contribution in [3.05, 3.63) is 64.5 Å². The molecule has 0 fully saturated rings. The van der Waals surface area contributed by atoms with E-state index in [-0.39, 0.29) is 23.8 Å². The molecule has 3 rings (SSSR count). The van der Waals surface area contributed by atoms with Crippen LogP contribution in [-0.4, -0.2) is 30.8 Å². The molecule has 6 heteroatoms. The first-order chi connectivity index (χ1) is 15.1. The molecule has 0 saturated carbocycles. The summed E-state index contributed by atoms with van der Waals surface area (Å²) in [6.45, 7) is 13.4. The molecule has 0 bridgehead atoms. The Bertz CT molecular complexity index is 1070. The second kappa shape index (κ2) is 9.55. The molecule has 2 aromatic rings. The summed E-state index contributed by atoms with van der Waals surface area (Å²) >= 11 is 0. The third-order valence-electron chi connectivity index (χ3n) is 5.90. The van der Waals surface area contributed by atoms with Gasteiger partial charge in [0.1, 0.15) is 5.82 Å². The molecule has 2 N–H and O–H groups in total. The van der Waals surface area contributed by atoms with E-state index in [2.05, 4.69) is 47.6 Å². The molecule has 1 heterocycles. The highest BCUT2D eigenvalue weighted by Crippen LogP contribution is 2.39. The number of amides is 1. The van der Waals surface area contributed by atoms with E-state index >= 15 is 0 Å². The third kappa shape index (κ3) is 5.18. The lowest BCUT2D eigenvalue weighted by Crippen LogP contribution is -2.45. The largest absolute Gasteiger partial charge is 0.376 e. The van der Waals surface area contributed by atoms with Gasteiger partial charge < -0.3 is 10.2 Å². The maximum absolute atomic E-state index is 14.9. The Morgan fingerprint density at radius 1 is 1.16 bits per heavy atom. The van der Waals surface area contributed by atoms with E-state index in [1.807, 2.05) is 39.0 Å². The van der Waals surface area contributed by atoms with E-state index in [4.69, 9.17) is 0 Å². The lowest BCUT2D eigenvalue weighted by atomic mass is 9.88. The van der Waals surface area contributed by atoms with E-state index in [1.54, 1.807) is 12.1 Å². The molecule has 32 heavy (non-hydrogen) atoms. The van der Waals surface area contributed by atoms with Crippen LogP contribution < -0.4 is 15.6 Å². The van der Waals surface area contributed by atoms with Crippen molar-refractivity contribution in [3.8, 4) is 0 Å². The van der Waals surface area contributed by atoms with Crippen LogP contribution in [0.4, 0.5) is 15.8 Å². The topological polar surface area (TPSA) is 56.7 Å². The molecule has 2 aromatic carbocycles. The van der Waals surface area contributed by atoms with Gasteiger partial charge in [0.2, 0.25) is 0 Å². The zero-order valence-electron chi connectivity index (χ0n) is 19.8. The molecule has 0 unspecified atom stereocenters. The van der Waals surface area contributed by atoms with Gasteiger partial charge in [0, 0.05) is 29.0 Å². The van der Waals surface area contributed by atoms with Crippen LogP contribution in [0.15, 0.2) is 41.5 Å². The van der Waals surface area contributed by atoms with Crippen molar-refractivity contribution in [2.75, 3.05) is 23.3 Å². The Morgan fingerprint density at radius 3 is 2.59 bits per heavy atom. The monoisotopic (exact) mass is 436 g/mol. The van der Waals surface area contributed by atoms with Crippen molar-refractivity contribution in [2.45, 2.75) is 53.5 Å². The Morgan fingerprint density at radius 2 is 1.91 bits per heavy atom. The van der Waals surface area contributed by atoms with Gasteiger partial charge in [-0.05, 0) is 82.0 Å². The van der Waals surface area contributed by atoms with Crippen molar-refractivity contribution in [3.63, 3.8) is 0 Å². The molecule has 0 radical (unpaired) electrons. The predicted octanol–water partition coefficient (Wildman–Crippen LogP) is 5.42. The number of carbonyl (C=O) groups excluding carboxylic acids is 1. The summed E-state index contributed by atoms with van der Waals surface area (Å²) in [6.07, 6.45) is 4.55. The Balaban J connectivity index is 1.69. The minimum atomic E-state index is -0.360. The second-order valence-corrected chi connectivity index (χ2v) is 8.97.